The van der Waals surface area contributed by atoms with E-state index in [1.54, 1.807) is 25.1 Å². The highest BCUT2D eigenvalue weighted by Crippen LogP contribution is 2.25. The summed E-state index contributed by atoms with van der Waals surface area (Å²) in [5.41, 5.74) is -0.0602. The summed E-state index contributed by atoms with van der Waals surface area (Å²) < 4.78 is 10.8. The summed E-state index contributed by atoms with van der Waals surface area (Å²) in [6.07, 6.45) is 2.30. The smallest absolute Gasteiger partial charge is 0.256 e. The molecule has 22 heavy (non-hydrogen) atoms. The van der Waals surface area contributed by atoms with Gasteiger partial charge in [-0.15, -0.1) is 0 Å². The number of ether oxygens (including phenoxy) is 2. The third-order valence-electron chi connectivity index (χ3n) is 3.43. The van der Waals surface area contributed by atoms with Crippen LogP contribution in [0, 0.1) is 11.3 Å². The lowest BCUT2D eigenvalue weighted by Gasteiger charge is -2.28. The number of nitriles is 1. The predicted octanol–water partition coefficient (Wildman–Crippen LogP) is 3.49. The Kier molecular flexibility index (Phi) is 6.87. The van der Waals surface area contributed by atoms with E-state index in [0.29, 0.717) is 30.0 Å². The van der Waals surface area contributed by atoms with Crippen molar-refractivity contribution in [3.05, 3.63) is 23.8 Å². The van der Waals surface area contributed by atoms with Crippen LogP contribution in [-0.4, -0.2) is 25.2 Å². The second kappa shape index (κ2) is 8.40. The normalized spacial score (nSPS) is 13.0. The van der Waals surface area contributed by atoms with Gasteiger partial charge in [-0.25, -0.2) is 0 Å². The molecule has 120 valence electrons. The van der Waals surface area contributed by atoms with Gasteiger partial charge in [-0.3, -0.25) is 4.79 Å². The van der Waals surface area contributed by atoms with E-state index < -0.39 is 5.60 Å². The summed E-state index contributed by atoms with van der Waals surface area (Å²) in [6, 6.07) is 7.04. The monoisotopic (exact) mass is 304 g/mol. The Morgan fingerprint density at radius 2 is 2.09 bits per heavy atom. The molecule has 1 atom stereocenters. The van der Waals surface area contributed by atoms with E-state index >= 15 is 0 Å². The highest BCUT2D eigenvalue weighted by atomic mass is 16.5. The first kappa shape index (κ1) is 18.0. The SMILES string of the molecule is CCCO[C@@](C)(CCC)C(=O)Nc1ccc(OC)cc1C#N. The molecule has 0 saturated heterocycles. The standard InChI is InChI=1S/C17H24N2O3/c1-5-9-17(3,22-10-6-2)16(20)19-15-8-7-14(21-4)11-13(15)12-18/h7-8,11H,5-6,9-10H2,1-4H3,(H,19,20)/t17-/m0/s1. The molecule has 0 aromatic heterocycles. The van der Waals surface area contributed by atoms with E-state index in [1.165, 1.54) is 7.11 Å². The Hall–Kier alpha value is -2.06. The van der Waals surface area contributed by atoms with E-state index in [4.69, 9.17) is 9.47 Å². The van der Waals surface area contributed by atoms with Crippen LogP contribution in [0.4, 0.5) is 5.69 Å². The van der Waals surface area contributed by atoms with Gasteiger partial charge >= 0.3 is 0 Å². The van der Waals surface area contributed by atoms with Crippen LogP contribution in [0.5, 0.6) is 5.75 Å². The zero-order valence-corrected chi connectivity index (χ0v) is 13.7. The fourth-order valence-electron chi connectivity index (χ4n) is 2.16. The molecule has 0 saturated carbocycles. The van der Waals surface area contributed by atoms with Crippen molar-refractivity contribution < 1.29 is 14.3 Å². The Morgan fingerprint density at radius 1 is 1.36 bits per heavy atom. The van der Waals surface area contributed by atoms with Gasteiger partial charge in [0.1, 0.15) is 17.4 Å². The zero-order chi connectivity index (χ0) is 16.6. The number of carbonyl (C=O) groups is 1. The van der Waals surface area contributed by atoms with Crippen LogP contribution in [0.3, 0.4) is 0 Å². The molecular weight excluding hydrogens is 280 g/mol. The Bertz CT molecular complexity index is 551. The molecule has 0 aliphatic carbocycles. The van der Waals surface area contributed by atoms with Crippen LogP contribution in [0.1, 0.15) is 45.6 Å². The Morgan fingerprint density at radius 3 is 2.64 bits per heavy atom. The number of nitrogens with zero attached hydrogens (tertiary/aromatic N) is 1. The first-order valence-electron chi connectivity index (χ1n) is 7.54. The van der Waals surface area contributed by atoms with Crippen molar-refractivity contribution in [2.75, 3.05) is 19.0 Å². The Labute approximate surface area is 132 Å². The molecule has 0 fully saturated rings. The average molecular weight is 304 g/mol. The third kappa shape index (κ3) is 4.47. The van der Waals surface area contributed by atoms with Gasteiger partial charge in [-0.2, -0.15) is 5.26 Å². The highest BCUT2D eigenvalue weighted by Gasteiger charge is 2.33. The van der Waals surface area contributed by atoms with Crippen LogP contribution in [0.15, 0.2) is 18.2 Å². The maximum atomic E-state index is 12.6. The zero-order valence-electron chi connectivity index (χ0n) is 13.7. The number of carbonyl (C=O) groups excluding carboxylic acids is 1. The van der Waals surface area contributed by atoms with Crippen molar-refractivity contribution >= 4 is 11.6 Å². The fourth-order valence-corrected chi connectivity index (χ4v) is 2.16. The molecule has 0 heterocycles. The maximum absolute atomic E-state index is 12.6. The molecule has 0 bridgehead atoms. The van der Waals surface area contributed by atoms with E-state index in [9.17, 15) is 10.1 Å². The van der Waals surface area contributed by atoms with Crippen molar-refractivity contribution in [3.63, 3.8) is 0 Å². The van der Waals surface area contributed by atoms with Gasteiger partial charge in [0.15, 0.2) is 0 Å². The molecule has 1 N–H and O–H groups in total. The van der Waals surface area contributed by atoms with Crippen molar-refractivity contribution in [1.82, 2.24) is 0 Å². The summed E-state index contributed by atoms with van der Waals surface area (Å²) >= 11 is 0. The largest absolute Gasteiger partial charge is 0.497 e. The molecule has 0 radical (unpaired) electrons. The first-order valence-corrected chi connectivity index (χ1v) is 7.54. The van der Waals surface area contributed by atoms with Gasteiger partial charge in [0.2, 0.25) is 0 Å². The number of amides is 1. The number of benzene rings is 1. The van der Waals surface area contributed by atoms with Crippen molar-refractivity contribution in [2.24, 2.45) is 0 Å². The second-order valence-electron chi connectivity index (χ2n) is 5.31. The number of hydrogen-bond acceptors (Lipinski definition) is 4. The lowest BCUT2D eigenvalue weighted by atomic mass is 9.98. The van der Waals surface area contributed by atoms with Crippen molar-refractivity contribution in [3.8, 4) is 11.8 Å². The van der Waals surface area contributed by atoms with Gasteiger partial charge in [-0.1, -0.05) is 20.3 Å². The Balaban J connectivity index is 2.96. The highest BCUT2D eigenvalue weighted by molar-refractivity contribution is 5.98. The minimum atomic E-state index is -0.891. The van der Waals surface area contributed by atoms with Crippen LogP contribution in [0.2, 0.25) is 0 Å². The third-order valence-corrected chi connectivity index (χ3v) is 3.43. The van der Waals surface area contributed by atoms with E-state index in [2.05, 4.69) is 11.4 Å². The summed E-state index contributed by atoms with van der Waals surface area (Å²) in [5, 5.41) is 12.0. The molecule has 0 aliphatic heterocycles. The lowest BCUT2D eigenvalue weighted by Crippen LogP contribution is -2.43. The van der Waals surface area contributed by atoms with Crippen LogP contribution in [0.25, 0.3) is 0 Å². The molecular formula is C17H24N2O3. The van der Waals surface area contributed by atoms with E-state index in [1.807, 2.05) is 13.8 Å². The molecule has 1 aromatic rings. The fraction of sp³-hybridized carbons (Fsp3) is 0.529. The second-order valence-corrected chi connectivity index (χ2v) is 5.31. The van der Waals surface area contributed by atoms with E-state index in [-0.39, 0.29) is 5.91 Å². The van der Waals surface area contributed by atoms with Crippen molar-refractivity contribution in [1.29, 1.82) is 5.26 Å². The number of anilines is 1. The topological polar surface area (TPSA) is 71.3 Å². The number of hydrogen-bond donors (Lipinski definition) is 1. The number of rotatable bonds is 8. The molecule has 1 rings (SSSR count). The van der Waals surface area contributed by atoms with Crippen LogP contribution >= 0.6 is 0 Å². The van der Waals surface area contributed by atoms with Crippen LogP contribution in [-0.2, 0) is 9.53 Å². The number of methoxy groups -OCH3 is 1. The minimum absolute atomic E-state index is 0.232. The summed E-state index contributed by atoms with van der Waals surface area (Å²) in [5.74, 6) is 0.345. The summed E-state index contributed by atoms with van der Waals surface area (Å²) in [7, 11) is 1.53. The molecule has 1 aromatic carbocycles. The quantitative estimate of drug-likeness (QED) is 0.798. The van der Waals surface area contributed by atoms with E-state index in [0.717, 1.165) is 12.8 Å². The van der Waals surface area contributed by atoms with Gasteiger partial charge in [0.05, 0.1) is 18.4 Å². The minimum Gasteiger partial charge on any atom is -0.497 e. The summed E-state index contributed by atoms with van der Waals surface area (Å²) in [4.78, 5) is 12.6. The number of nitrogens with one attached hydrogen (secondary N) is 1. The summed E-state index contributed by atoms with van der Waals surface area (Å²) in [6.45, 7) is 6.32. The first-order chi connectivity index (χ1) is 10.5. The van der Waals surface area contributed by atoms with Crippen molar-refractivity contribution in [2.45, 2.75) is 45.6 Å². The molecule has 0 unspecified atom stereocenters. The maximum Gasteiger partial charge on any atom is 0.256 e. The van der Waals surface area contributed by atoms with Crippen LogP contribution < -0.4 is 10.1 Å². The van der Waals surface area contributed by atoms with Gasteiger partial charge in [0.25, 0.3) is 5.91 Å². The molecule has 5 heteroatoms. The van der Waals surface area contributed by atoms with Gasteiger partial charge in [-0.05, 0) is 38.0 Å². The van der Waals surface area contributed by atoms with Gasteiger partial charge in [0, 0.05) is 6.61 Å². The molecule has 0 aliphatic rings. The lowest BCUT2D eigenvalue weighted by molar-refractivity contribution is -0.140. The molecule has 5 nitrogen and oxygen atoms in total. The average Bonchev–Trinajstić information content (AvgIpc) is 2.53. The molecule has 1 amide bonds. The molecule has 0 spiro atoms. The van der Waals surface area contributed by atoms with Gasteiger partial charge < -0.3 is 14.8 Å². The predicted molar refractivity (Wildman–Crippen MR) is 85.9 cm³/mol.